The molecular weight excluding hydrogens is 256 g/mol. The fraction of sp³-hybridized carbons (Fsp3) is 0.462. The highest BCUT2D eigenvalue weighted by atomic mass is 35.5. The van der Waals surface area contributed by atoms with Gasteiger partial charge in [-0.1, -0.05) is 11.6 Å². The van der Waals surface area contributed by atoms with Gasteiger partial charge in [0.2, 0.25) is 0 Å². The monoisotopic (exact) mass is 272 g/mol. The number of carboxylic acid groups (broad SMARTS) is 1. The minimum atomic E-state index is -1.04. The molecule has 0 unspecified atom stereocenters. The van der Waals surface area contributed by atoms with Gasteiger partial charge in [-0.05, 0) is 39.0 Å². The third-order valence-corrected chi connectivity index (χ3v) is 2.29. The van der Waals surface area contributed by atoms with Gasteiger partial charge in [0, 0.05) is 5.02 Å². The van der Waals surface area contributed by atoms with E-state index in [0.29, 0.717) is 11.6 Å². The summed E-state index contributed by atoms with van der Waals surface area (Å²) in [5, 5.41) is 9.42. The Morgan fingerprint density at radius 2 is 2.00 bits per heavy atom. The Labute approximate surface area is 111 Å². The molecule has 0 heterocycles. The van der Waals surface area contributed by atoms with Gasteiger partial charge in [0.25, 0.3) is 0 Å². The number of carboxylic acids is 1. The van der Waals surface area contributed by atoms with Crippen LogP contribution in [0.1, 0.15) is 31.1 Å². The second-order valence-electron chi connectivity index (χ2n) is 4.75. The van der Waals surface area contributed by atoms with Gasteiger partial charge in [0.05, 0.1) is 12.2 Å². The van der Waals surface area contributed by atoms with Crippen LogP contribution in [0, 0.1) is 0 Å². The lowest BCUT2D eigenvalue weighted by atomic mass is 10.2. The summed E-state index contributed by atoms with van der Waals surface area (Å²) in [5.41, 5.74) is -0.150. The van der Waals surface area contributed by atoms with Crippen molar-refractivity contribution in [1.82, 2.24) is 0 Å². The average Bonchev–Trinajstić information content (AvgIpc) is 2.22. The molecule has 0 radical (unpaired) electrons. The van der Waals surface area contributed by atoms with Crippen LogP contribution in [-0.2, 0) is 4.74 Å². The molecule has 0 atom stereocenters. The lowest BCUT2D eigenvalue weighted by Crippen LogP contribution is -2.22. The molecule has 0 bridgehead atoms. The van der Waals surface area contributed by atoms with E-state index in [1.54, 1.807) is 0 Å². The maximum atomic E-state index is 11.0. The Morgan fingerprint density at radius 1 is 1.33 bits per heavy atom. The largest absolute Gasteiger partial charge is 0.490 e. The number of carbonyl (C=O) groups is 1. The zero-order chi connectivity index (χ0) is 13.8. The lowest BCUT2D eigenvalue weighted by Gasteiger charge is -2.19. The highest BCUT2D eigenvalue weighted by molar-refractivity contribution is 6.30. The first-order valence-corrected chi connectivity index (χ1v) is 5.97. The van der Waals surface area contributed by atoms with E-state index in [1.165, 1.54) is 18.2 Å². The highest BCUT2D eigenvalue weighted by Crippen LogP contribution is 2.23. The van der Waals surface area contributed by atoms with Gasteiger partial charge in [-0.15, -0.1) is 0 Å². The standard InChI is InChI=1S/C13H17ClO4/c1-13(2,3)18-7-6-17-11-8-9(14)4-5-10(11)12(15)16/h4-5,8H,6-7H2,1-3H3,(H,15,16). The molecule has 1 rings (SSSR count). The molecular formula is C13H17ClO4. The molecule has 0 spiro atoms. The minimum absolute atomic E-state index is 0.0927. The SMILES string of the molecule is CC(C)(C)OCCOc1cc(Cl)ccc1C(=O)O. The first-order valence-electron chi connectivity index (χ1n) is 5.59. The maximum Gasteiger partial charge on any atom is 0.339 e. The molecule has 0 amide bonds. The average molecular weight is 273 g/mol. The van der Waals surface area contributed by atoms with Crippen LogP contribution in [0.3, 0.4) is 0 Å². The number of benzene rings is 1. The zero-order valence-electron chi connectivity index (χ0n) is 10.7. The van der Waals surface area contributed by atoms with E-state index in [2.05, 4.69) is 0 Å². The predicted octanol–water partition coefficient (Wildman–Crippen LogP) is 3.23. The fourth-order valence-corrected chi connectivity index (χ4v) is 1.45. The van der Waals surface area contributed by atoms with Crippen molar-refractivity contribution in [2.24, 2.45) is 0 Å². The molecule has 0 aromatic heterocycles. The van der Waals surface area contributed by atoms with E-state index in [1.807, 2.05) is 20.8 Å². The van der Waals surface area contributed by atoms with Crippen molar-refractivity contribution in [2.45, 2.75) is 26.4 Å². The summed E-state index contributed by atoms with van der Waals surface area (Å²) in [6.07, 6.45) is 0. The van der Waals surface area contributed by atoms with Crippen LogP contribution in [0.15, 0.2) is 18.2 Å². The summed E-state index contributed by atoms with van der Waals surface area (Å²) in [6, 6.07) is 4.43. The molecule has 4 nitrogen and oxygen atoms in total. The second-order valence-corrected chi connectivity index (χ2v) is 5.19. The number of halogens is 1. The van der Waals surface area contributed by atoms with E-state index in [4.69, 9.17) is 26.2 Å². The van der Waals surface area contributed by atoms with Crippen LogP contribution >= 0.6 is 11.6 Å². The summed E-state index contributed by atoms with van der Waals surface area (Å²) in [5.74, 6) is -0.786. The first kappa shape index (κ1) is 14.8. The van der Waals surface area contributed by atoms with Crippen molar-refractivity contribution in [2.75, 3.05) is 13.2 Å². The molecule has 0 aliphatic rings. The summed E-state index contributed by atoms with van der Waals surface area (Å²) in [4.78, 5) is 11.0. The maximum absolute atomic E-state index is 11.0. The molecule has 5 heteroatoms. The molecule has 0 saturated heterocycles. The Morgan fingerprint density at radius 3 is 2.56 bits per heavy atom. The van der Waals surface area contributed by atoms with Gasteiger partial charge in [-0.3, -0.25) is 0 Å². The Bertz CT molecular complexity index is 423. The number of ether oxygens (including phenoxy) is 2. The topological polar surface area (TPSA) is 55.8 Å². The molecule has 1 aromatic rings. The third-order valence-electron chi connectivity index (χ3n) is 2.05. The summed E-state index contributed by atoms with van der Waals surface area (Å²) < 4.78 is 10.9. The first-order chi connectivity index (χ1) is 8.29. The Kier molecular flexibility index (Phi) is 4.99. The van der Waals surface area contributed by atoms with Crippen LogP contribution < -0.4 is 4.74 Å². The highest BCUT2D eigenvalue weighted by Gasteiger charge is 2.13. The molecule has 0 aliphatic carbocycles. The normalized spacial score (nSPS) is 11.3. The molecule has 0 saturated carbocycles. The van der Waals surface area contributed by atoms with Crippen LogP contribution in [0.2, 0.25) is 5.02 Å². The molecule has 0 fully saturated rings. The second kappa shape index (κ2) is 6.07. The summed E-state index contributed by atoms with van der Waals surface area (Å²) >= 11 is 5.80. The Hall–Kier alpha value is -1.26. The van der Waals surface area contributed by atoms with E-state index in [-0.39, 0.29) is 23.5 Å². The Balaban J connectivity index is 2.61. The minimum Gasteiger partial charge on any atom is -0.490 e. The van der Waals surface area contributed by atoms with Crippen LogP contribution in [0.5, 0.6) is 5.75 Å². The quantitative estimate of drug-likeness (QED) is 0.836. The van der Waals surface area contributed by atoms with Gasteiger partial charge in [-0.2, -0.15) is 0 Å². The summed E-state index contributed by atoms with van der Waals surface area (Å²) in [6.45, 7) is 6.48. The van der Waals surface area contributed by atoms with E-state index >= 15 is 0 Å². The van der Waals surface area contributed by atoms with Crippen molar-refractivity contribution in [3.63, 3.8) is 0 Å². The van der Waals surface area contributed by atoms with E-state index < -0.39 is 5.97 Å². The number of hydrogen-bond donors (Lipinski definition) is 1. The van der Waals surface area contributed by atoms with Crippen LogP contribution in [-0.4, -0.2) is 29.9 Å². The fourth-order valence-electron chi connectivity index (χ4n) is 1.29. The van der Waals surface area contributed by atoms with E-state index in [0.717, 1.165) is 0 Å². The number of aromatic carboxylic acids is 1. The van der Waals surface area contributed by atoms with Gasteiger partial charge < -0.3 is 14.6 Å². The van der Waals surface area contributed by atoms with Crippen molar-refractivity contribution in [1.29, 1.82) is 0 Å². The predicted molar refractivity (Wildman–Crippen MR) is 69.6 cm³/mol. The van der Waals surface area contributed by atoms with Crippen molar-refractivity contribution >= 4 is 17.6 Å². The van der Waals surface area contributed by atoms with Crippen LogP contribution in [0.25, 0.3) is 0 Å². The molecule has 100 valence electrons. The summed E-state index contributed by atoms with van der Waals surface area (Å²) in [7, 11) is 0. The van der Waals surface area contributed by atoms with Gasteiger partial charge in [0.15, 0.2) is 0 Å². The molecule has 1 N–H and O–H groups in total. The molecule has 18 heavy (non-hydrogen) atoms. The molecule has 0 aliphatic heterocycles. The zero-order valence-corrected chi connectivity index (χ0v) is 11.5. The van der Waals surface area contributed by atoms with E-state index in [9.17, 15) is 4.79 Å². The van der Waals surface area contributed by atoms with Crippen molar-refractivity contribution in [3.05, 3.63) is 28.8 Å². The smallest absolute Gasteiger partial charge is 0.339 e. The van der Waals surface area contributed by atoms with Crippen molar-refractivity contribution < 1.29 is 19.4 Å². The van der Waals surface area contributed by atoms with Crippen molar-refractivity contribution in [3.8, 4) is 5.75 Å². The van der Waals surface area contributed by atoms with Gasteiger partial charge >= 0.3 is 5.97 Å². The van der Waals surface area contributed by atoms with Gasteiger partial charge in [0.1, 0.15) is 17.9 Å². The molecule has 1 aromatic carbocycles. The lowest BCUT2D eigenvalue weighted by molar-refractivity contribution is -0.0164. The van der Waals surface area contributed by atoms with Gasteiger partial charge in [-0.25, -0.2) is 4.79 Å². The number of rotatable bonds is 5. The number of hydrogen-bond acceptors (Lipinski definition) is 3. The van der Waals surface area contributed by atoms with Crippen LogP contribution in [0.4, 0.5) is 0 Å². The third kappa shape index (κ3) is 4.94.